The first-order valence-corrected chi connectivity index (χ1v) is 6.06. The third kappa shape index (κ3) is 1.90. The Morgan fingerprint density at radius 2 is 1.93 bits per heavy atom. The van der Waals surface area contributed by atoms with Gasteiger partial charge in [0.05, 0.1) is 0 Å². The molecule has 0 radical (unpaired) electrons. The number of fused-ring (bicyclic) bond motifs is 1. The molecule has 0 saturated carbocycles. The highest BCUT2D eigenvalue weighted by atomic mass is 32.2. The van der Waals surface area contributed by atoms with E-state index < -0.39 is 0 Å². The molecule has 0 aromatic heterocycles. The average molecular weight is 208 g/mol. The van der Waals surface area contributed by atoms with Crippen LogP contribution >= 0.6 is 11.8 Å². The van der Waals surface area contributed by atoms with Gasteiger partial charge in [0.2, 0.25) is 0 Å². The predicted octanol–water partition coefficient (Wildman–Crippen LogP) is 3.00. The van der Waals surface area contributed by atoms with Crippen LogP contribution < -0.4 is 0 Å². The number of hydrogen-bond acceptors (Lipinski definition) is 2. The summed E-state index contributed by atoms with van der Waals surface area (Å²) in [5.41, 5.74) is 2.49. The van der Waals surface area contributed by atoms with Crippen molar-refractivity contribution in [1.82, 2.24) is 0 Å². The van der Waals surface area contributed by atoms with Crippen LogP contribution in [-0.2, 0) is 12.8 Å². The SMILES string of the molecule is CC1Cc2cccc(O)c2CC(C)S1. The molecule has 0 aliphatic carbocycles. The summed E-state index contributed by atoms with van der Waals surface area (Å²) in [5.74, 6) is 0.476. The average Bonchev–Trinajstić information content (AvgIpc) is 2.23. The minimum absolute atomic E-state index is 0.476. The molecular weight excluding hydrogens is 192 g/mol. The van der Waals surface area contributed by atoms with E-state index in [-0.39, 0.29) is 0 Å². The molecule has 2 atom stereocenters. The van der Waals surface area contributed by atoms with E-state index in [4.69, 9.17) is 0 Å². The summed E-state index contributed by atoms with van der Waals surface area (Å²) in [6.07, 6.45) is 2.08. The fourth-order valence-electron chi connectivity index (χ4n) is 2.14. The third-order valence-corrected chi connectivity index (χ3v) is 3.97. The van der Waals surface area contributed by atoms with Gasteiger partial charge in [-0.3, -0.25) is 0 Å². The van der Waals surface area contributed by atoms with E-state index in [1.54, 1.807) is 6.07 Å². The zero-order valence-electron chi connectivity index (χ0n) is 8.66. The zero-order valence-corrected chi connectivity index (χ0v) is 9.47. The van der Waals surface area contributed by atoms with Gasteiger partial charge in [-0.05, 0) is 30.0 Å². The molecule has 1 heterocycles. The maximum absolute atomic E-state index is 9.78. The summed E-state index contributed by atoms with van der Waals surface area (Å²) in [4.78, 5) is 0. The molecule has 1 nitrogen and oxygen atoms in total. The standard InChI is InChI=1S/C12H16OS/c1-8-6-10-4-3-5-12(13)11(10)7-9(2)14-8/h3-5,8-9,13H,6-7H2,1-2H3. The van der Waals surface area contributed by atoms with Gasteiger partial charge in [0, 0.05) is 10.5 Å². The smallest absolute Gasteiger partial charge is 0.119 e. The quantitative estimate of drug-likeness (QED) is 0.707. The molecule has 1 aliphatic heterocycles. The lowest BCUT2D eigenvalue weighted by molar-refractivity contribution is 0.467. The number of phenolic OH excluding ortho intramolecular Hbond substituents is 1. The van der Waals surface area contributed by atoms with Crippen LogP contribution in [0.5, 0.6) is 5.75 Å². The van der Waals surface area contributed by atoms with Crippen molar-refractivity contribution in [1.29, 1.82) is 0 Å². The second kappa shape index (κ2) is 3.85. The molecule has 1 aromatic rings. The molecule has 0 spiro atoms. The molecule has 2 unspecified atom stereocenters. The Hall–Kier alpha value is -0.630. The first-order chi connectivity index (χ1) is 6.66. The highest BCUT2D eigenvalue weighted by molar-refractivity contribution is 8.00. The summed E-state index contributed by atoms with van der Waals surface area (Å²) in [6, 6.07) is 5.89. The summed E-state index contributed by atoms with van der Waals surface area (Å²) in [5, 5.41) is 11.0. The summed E-state index contributed by atoms with van der Waals surface area (Å²) in [7, 11) is 0. The van der Waals surface area contributed by atoms with Crippen LogP contribution in [0.1, 0.15) is 25.0 Å². The first-order valence-electron chi connectivity index (χ1n) is 5.12. The van der Waals surface area contributed by atoms with Crippen molar-refractivity contribution in [2.45, 2.75) is 37.2 Å². The van der Waals surface area contributed by atoms with Gasteiger partial charge in [-0.15, -0.1) is 0 Å². The largest absolute Gasteiger partial charge is 0.508 e. The van der Waals surface area contributed by atoms with Crippen LogP contribution in [0.15, 0.2) is 18.2 Å². The molecule has 0 fully saturated rings. The van der Waals surface area contributed by atoms with Crippen LogP contribution in [0.4, 0.5) is 0 Å². The van der Waals surface area contributed by atoms with Gasteiger partial charge in [0.1, 0.15) is 5.75 Å². The number of benzene rings is 1. The van der Waals surface area contributed by atoms with E-state index in [2.05, 4.69) is 19.9 Å². The number of hydrogen-bond donors (Lipinski definition) is 1. The van der Waals surface area contributed by atoms with Crippen molar-refractivity contribution in [3.8, 4) is 5.75 Å². The van der Waals surface area contributed by atoms with Gasteiger partial charge >= 0.3 is 0 Å². The molecule has 2 rings (SSSR count). The lowest BCUT2D eigenvalue weighted by atomic mass is 9.99. The Labute approximate surface area is 89.5 Å². The Kier molecular flexibility index (Phi) is 2.73. The van der Waals surface area contributed by atoms with E-state index >= 15 is 0 Å². The van der Waals surface area contributed by atoms with Crippen LogP contribution in [0.3, 0.4) is 0 Å². The predicted molar refractivity (Wildman–Crippen MR) is 62.0 cm³/mol. The van der Waals surface area contributed by atoms with Crippen LogP contribution in [-0.4, -0.2) is 15.6 Å². The van der Waals surface area contributed by atoms with E-state index in [0.29, 0.717) is 16.2 Å². The molecular formula is C12H16OS. The first kappa shape index (κ1) is 9.91. The molecule has 1 N–H and O–H groups in total. The van der Waals surface area contributed by atoms with Gasteiger partial charge < -0.3 is 5.11 Å². The van der Waals surface area contributed by atoms with E-state index in [1.807, 2.05) is 17.8 Å². The number of rotatable bonds is 0. The second-order valence-corrected chi connectivity index (χ2v) is 5.96. The van der Waals surface area contributed by atoms with Crippen molar-refractivity contribution in [3.63, 3.8) is 0 Å². The monoisotopic (exact) mass is 208 g/mol. The fraction of sp³-hybridized carbons (Fsp3) is 0.500. The van der Waals surface area contributed by atoms with Crippen LogP contribution in [0.2, 0.25) is 0 Å². The second-order valence-electron chi connectivity index (χ2n) is 4.08. The Morgan fingerprint density at radius 1 is 1.21 bits per heavy atom. The van der Waals surface area contributed by atoms with Gasteiger partial charge in [-0.1, -0.05) is 26.0 Å². The van der Waals surface area contributed by atoms with Gasteiger partial charge in [-0.2, -0.15) is 11.8 Å². The molecule has 14 heavy (non-hydrogen) atoms. The van der Waals surface area contributed by atoms with Crippen molar-refractivity contribution >= 4 is 11.8 Å². The van der Waals surface area contributed by atoms with Gasteiger partial charge in [0.25, 0.3) is 0 Å². The lowest BCUT2D eigenvalue weighted by Crippen LogP contribution is -2.03. The Balaban J connectivity index is 2.41. The molecule has 0 bridgehead atoms. The zero-order chi connectivity index (χ0) is 10.1. The summed E-state index contributed by atoms with van der Waals surface area (Å²) < 4.78 is 0. The number of phenols is 1. The maximum atomic E-state index is 9.78. The van der Waals surface area contributed by atoms with Crippen molar-refractivity contribution in [2.75, 3.05) is 0 Å². The normalized spacial score (nSPS) is 26.7. The van der Waals surface area contributed by atoms with E-state index in [0.717, 1.165) is 18.4 Å². The topological polar surface area (TPSA) is 20.2 Å². The highest BCUT2D eigenvalue weighted by Crippen LogP contribution is 2.33. The summed E-state index contributed by atoms with van der Waals surface area (Å²) in [6.45, 7) is 4.50. The maximum Gasteiger partial charge on any atom is 0.119 e. The molecule has 2 heteroatoms. The summed E-state index contributed by atoms with van der Waals surface area (Å²) >= 11 is 2.02. The Morgan fingerprint density at radius 3 is 2.71 bits per heavy atom. The van der Waals surface area contributed by atoms with Crippen LogP contribution in [0.25, 0.3) is 0 Å². The van der Waals surface area contributed by atoms with E-state index in [1.165, 1.54) is 5.56 Å². The van der Waals surface area contributed by atoms with E-state index in [9.17, 15) is 5.11 Å². The highest BCUT2D eigenvalue weighted by Gasteiger charge is 2.20. The minimum atomic E-state index is 0.476. The Bertz CT molecular complexity index is 335. The third-order valence-electron chi connectivity index (χ3n) is 2.71. The molecule has 0 amide bonds. The van der Waals surface area contributed by atoms with Gasteiger partial charge in [-0.25, -0.2) is 0 Å². The lowest BCUT2D eigenvalue weighted by Gasteiger charge is -2.10. The fourth-order valence-corrected chi connectivity index (χ4v) is 3.47. The number of aromatic hydroxyl groups is 1. The van der Waals surface area contributed by atoms with Gasteiger partial charge in [0.15, 0.2) is 0 Å². The number of thioether (sulfide) groups is 1. The van der Waals surface area contributed by atoms with Crippen molar-refractivity contribution < 1.29 is 5.11 Å². The van der Waals surface area contributed by atoms with Crippen molar-refractivity contribution in [3.05, 3.63) is 29.3 Å². The minimum Gasteiger partial charge on any atom is -0.508 e. The molecule has 1 aliphatic rings. The van der Waals surface area contributed by atoms with Crippen LogP contribution in [0, 0.1) is 0 Å². The molecule has 1 aromatic carbocycles. The van der Waals surface area contributed by atoms with Crippen molar-refractivity contribution in [2.24, 2.45) is 0 Å². The molecule has 76 valence electrons. The molecule has 0 saturated heterocycles.